The molecule has 0 aliphatic rings. The summed E-state index contributed by atoms with van der Waals surface area (Å²) in [6.07, 6.45) is 2.04. The number of rotatable bonds is 7. The molecule has 0 saturated heterocycles. The van der Waals surface area contributed by atoms with E-state index in [-0.39, 0.29) is 0 Å². The Morgan fingerprint density at radius 2 is 0.721 bits per heavy atom. The molecule has 0 unspecified atom stereocenters. The summed E-state index contributed by atoms with van der Waals surface area (Å²) in [6, 6.07) is 74.4. The molecule has 0 bridgehead atoms. The molecule has 3 aromatic heterocycles. The lowest BCUT2D eigenvalue weighted by atomic mass is 9.97. The largest absolute Gasteiger partial charge is 0.307 e. The minimum absolute atomic E-state index is 0.601. The van der Waals surface area contributed by atoms with Crippen LogP contribution in [-0.4, -0.2) is 14.1 Å². The Labute approximate surface area is 396 Å². The number of nitrogens with zero attached hydrogens (tertiary/aromatic N) is 4. The molecule has 0 aliphatic heterocycles. The predicted octanol–water partition coefficient (Wildman–Crippen LogP) is 16.7. The smallest absolute Gasteiger partial charge is 0.138 e. The number of hydrogen-bond acceptors (Lipinski definition) is 2. The van der Waals surface area contributed by atoms with Gasteiger partial charge in [-0.05, 0) is 167 Å². The third-order valence-electron chi connectivity index (χ3n) is 14.0. The molecule has 0 amide bonds. The van der Waals surface area contributed by atoms with E-state index in [9.17, 15) is 5.26 Å². The molecule has 0 spiro atoms. The predicted molar refractivity (Wildman–Crippen MR) is 284 cm³/mol. The molecular weight excluding hydrogens is 825 g/mol. The van der Waals surface area contributed by atoms with Crippen molar-refractivity contribution >= 4 is 43.6 Å². The number of benzene rings is 9. The van der Waals surface area contributed by atoms with Crippen molar-refractivity contribution in [1.29, 1.82) is 5.26 Å². The number of fused-ring (bicyclic) bond motifs is 6. The molecule has 68 heavy (non-hydrogen) atoms. The molecule has 0 saturated carbocycles. The Morgan fingerprint density at radius 1 is 0.353 bits per heavy atom. The molecular formula is C64H46N4. The van der Waals surface area contributed by atoms with Crippen molar-refractivity contribution in [1.82, 2.24) is 14.1 Å². The summed E-state index contributed by atoms with van der Waals surface area (Å²) in [5.74, 6) is 0.794. The van der Waals surface area contributed by atoms with Crippen LogP contribution in [0.2, 0.25) is 0 Å². The van der Waals surface area contributed by atoms with E-state index in [1.165, 1.54) is 66.8 Å². The zero-order chi connectivity index (χ0) is 46.0. The monoisotopic (exact) mass is 870 g/mol. The normalized spacial score (nSPS) is 11.5. The molecule has 9 aromatic carbocycles. The average molecular weight is 871 g/mol. The van der Waals surface area contributed by atoms with E-state index in [0.717, 1.165) is 66.2 Å². The van der Waals surface area contributed by atoms with Gasteiger partial charge >= 0.3 is 0 Å². The first kappa shape index (κ1) is 40.7. The fraction of sp³-hybridized carbons (Fsp3) is 0.0625. The van der Waals surface area contributed by atoms with E-state index < -0.39 is 0 Å². The van der Waals surface area contributed by atoms with Crippen LogP contribution in [0, 0.1) is 39.0 Å². The molecule has 12 rings (SSSR count). The lowest BCUT2D eigenvalue weighted by molar-refractivity contribution is 1.06. The lowest BCUT2D eigenvalue weighted by Gasteiger charge is -2.17. The molecule has 0 fully saturated rings. The molecule has 322 valence electrons. The van der Waals surface area contributed by atoms with Gasteiger partial charge in [0.25, 0.3) is 0 Å². The van der Waals surface area contributed by atoms with Gasteiger partial charge in [0.1, 0.15) is 5.82 Å². The van der Waals surface area contributed by atoms with Crippen molar-refractivity contribution in [3.63, 3.8) is 0 Å². The maximum atomic E-state index is 10.2. The van der Waals surface area contributed by atoms with Crippen LogP contribution >= 0.6 is 0 Å². The highest BCUT2D eigenvalue weighted by Crippen LogP contribution is 2.43. The molecule has 3 heterocycles. The summed E-state index contributed by atoms with van der Waals surface area (Å²) in [7, 11) is 0. The van der Waals surface area contributed by atoms with Gasteiger partial charge in [0.2, 0.25) is 0 Å². The summed E-state index contributed by atoms with van der Waals surface area (Å²) in [4.78, 5) is 5.44. The second kappa shape index (κ2) is 16.3. The van der Waals surface area contributed by atoms with E-state index in [1.54, 1.807) is 0 Å². The third kappa shape index (κ3) is 6.71. The first-order valence-electron chi connectivity index (χ1n) is 23.2. The second-order valence-electron chi connectivity index (χ2n) is 18.1. The third-order valence-corrected chi connectivity index (χ3v) is 14.0. The van der Waals surface area contributed by atoms with Gasteiger partial charge in [-0.1, -0.05) is 133 Å². The second-order valence-corrected chi connectivity index (χ2v) is 18.1. The van der Waals surface area contributed by atoms with Gasteiger partial charge in [0.15, 0.2) is 0 Å². The van der Waals surface area contributed by atoms with Crippen LogP contribution in [0.4, 0.5) is 0 Å². The topological polar surface area (TPSA) is 46.5 Å². The highest BCUT2D eigenvalue weighted by Gasteiger charge is 2.22. The van der Waals surface area contributed by atoms with Gasteiger partial charge in [-0.2, -0.15) is 5.26 Å². The number of aryl methyl sites for hydroxylation is 4. The van der Waals surface area contributed by atoms with E-state index in [2.05, 4.69) is 225 Å². The van der Waals surface area contributed by atoms with E-state index in [0.29, 0.717) is 5.56 Å². The van der Waals surface area contributed by atoms with E-state index in [1.807, 2.05) is 24.4 Å². The summed E-state index contributed by atoms with van der Waals surface area (Å²) < 4.78 is 4.68. The van der Waals surface area contributed by atoms with Crippen LogP contribution < -0.4 is 0 Å². The zero-order valence-corrected chi connectivity index (χ0v) is 38.4. The Kier molecular flexibility index (Phi) is 9.74. The minimum atomic E-state index is 0.601. The van der Waals surface area contributed by atoms with Gasteiger partial charge in [-0.25, -0.2) is 4.98 Å². The van der Waals surface area contributed by atoms with Crippen molar-refractivity contribution in [2.75, 3.05) is 0 Å². The SMILES string of the molecule is Cc1ccccc1-c1ccc2c(c1)c1cc(-c3ccccc3C)ccc1n2-c1cc(-c2cccc(C#N)c2)c(-n2c3ccc(-c4ccccc4C)cc3c3cc(-c4ccccc4C)ccc32)cn1. The molecule has 0 atom stereocenters. The summed E-state index contributed by atoms with van der Waals surface area (Å²) in [6.45, 7) is 8.71. The zero-order valence-electron chi connectivity index (χ0n) is 38.4. The fourth-order valence-electron chi connectivity index (χ4n) is 10.5. The molecule has 12 aromatic rings. The maximum Gasteiger partial charge on any atom is 0.138 e. The van der Waals surface area contributed by atoms with Crippen LogP contribution in [0.3, 0.4) is 0 Å². The molecule has 0 aliphatic carbocycles. The first-order chi connectivity index (χ1) is 33.3. The van der Waals surface area contributed by atoms with Crippen molar-refractivity contribution in [3.05, 3.63) is 234 Å². The Balaban J connectivity index is 1.13. The van der Waals surface area contributed by atoms with Crippen LogP contribution in [0.25, 0.3) is 111 Å². The highest BCUT2D eigenvalue weighted by atomic mass is 15.1. The molecule has 4 heteroatoms. The van der Waals surface area contributed by atoms with Crippen molar-refractivity contribution in [2.24, 2.45) is 0 Å². The maximum absolute atomic E-state index is 10.2. The van der Waals surface area contributed by atoms with E-state index in [4.69, 9.17) is 4.98 Å². The summed E-state index contributed by atoms with van der Waals surface area (Å²) in [5.41, 5.74) is 22.3. The quantitative estimate of drug-likeness (QED) is 0.160. The Morgan fingerprint density at radius 3 is 1.10 bits per heavy atom. The van der Waals surface area contributed by atoms with Gasteiger partial charge in [-0.3, -0.25) is 4.57 Å². The van der Waals surface area contributed by atoms with Crippen molar-refractivity contribution in [3.8, 4) is 73.2 Å². The van der Waals surface area contributed by atoms with E-state index >= 15 is 0 Å². The van der Waals surface area contributed by atoms with Gasteiger partial charge in [-0.15, -0.1) is 0 Å². The Bertz CT molecular complexity index is 3840. The van der Waals surface area contributed by atoms with Gasteiger partial charge in [0.05, 0.1) is 45.6 Å². The fourth-order valence-corrected chi connectivity index (χ4v) is 10.5. The molecule has 0 radical (unpaired) electrons. The average Bonchev–Trinajstić information content (AvgIpc) is 3.88. The molecule has 0 N–H and O–H groups in total. The van der Waals surface area contributed by atoms with Crippen LogP contribution in [-0.2, 0) is 0 Å². The van der Waals surface area contributed by atoms with Crippen LogP contribution in [0.5, 0.6) is 0 Å². The number of aromatic nitrogens is 3. The number of nitriles is 1. The standard InChI is InChI=1S/C64H46N4/c1-40-14-5-9-20-50(40)46-24-28-59-55(33-46)56-34-47(51-21-10-6-15-41(51)2)25-29-60(56)67(59)63-39-66-64(37-54(63)45-19-13-18-44(32-45)38-65)68-61-30-26-48(52-22-11-7-16-42(52)3)35-57(61)58-36-49(27-31-62(58)68)53-23-12-8-17-43(53)4/h5-37,39H,1-4H3. The van der Waals surface area contributed by atoms with Crippen molar-refractivity contribution < 1.29 is 0 Å². The first-order valence-corrected chi connectivity index (χ1v) is 23.2. The summed E-state index contributed by atoms with van der Waals surface area (Å²) in [5, 5.41) is 14.9. The number of pyridine rings is 1. The van der Waals surface area contributed by atoms with Gasteiger partial charge in [0, 0.05) is 27.1 Å². The van der Waals surface area contributed by atoms with Crippen LogP contribution in [0.1, 0.15) is 27.8 Å². The number of hydrogen-bond donors (Lipinski definition) is 0. The van der Waals surface area contributed by atoms with Gasteiger partial charge < -0.3 is 4.57 Å². The van der Waals surface area contributed by atoms with Crippen molar-refractivity contribution in [2.45, 2.75) is 27.7 Å². The minimum Gasteiger partial charge on any atom is -0.307 e. The molecule has 4 nitrogen and oxygen atoms in total. The van der Waals surface area contributed by atoms with Crippen LogP contribution in [0.15, 0.2) is 206 Å². The highest BCUT2D eigenvalue weighted by molar-refractivity contribution is 6.13. The lowest BCUT2D eigenvalue weighted by Crippen LogP contribution is -2.03. The summed E-state index contributed by atoms with van der Waals surface area (Å²) >= 11 is 0. The Hall–Kier alpha value is -8.78.